The van der Waals surface area contributed by atoms with E-state index in [1.807, 2.05) is 12.1 Å². The summed E-state index contributed by atoms with van der Waals surface area (Å²) < 4.78 is 10.7. The van der Waals surface area contributed by atoms with E-state index in [9.17, 15) is 0 Å². The summed E-state index contributed by atoms with van der Waals surface area (Å²) in [6.45, 7) is 4.85. The van der Waals surface area contributed by atoms with Crippen molar-refractivity contribution in [2.75, 3.05) is 26.8 Å². The molecule has 1 fully saturated rings. The molecule has 2 N–H and O–H groups in total. The molecule has 0 saturated heterocycles. The highest BCUT2D eigenvalue weighted by Gasteiger charge is 2.33. The van der Waals surface area contributed by atoms with E-state index in [1.165, 1.54) is 25.7 Å². The van der Waals surface area contributed by atoms with Gasteiger partial charge in [0.1, 0.15) is 6.54 Å². The van der Waals surface area contributed by atoms with Gasteiger partial charge in [-0.3, -0.25) is 0 Å². The van der Waals surface area contributed by atoms with Crippen LogP contribution in [0.4, 0.5) is 0 Å². The molecule has 0 amide bonds. The lowest BCUT2D eigenvalue weighted by Crippen LogP contribution is -2.43. The van der Waals surface area contributed by atoms with Crippen LogP contribution in [0, 0.1) is 5.41 Å². The summed E-state index contributed by atoms with van der Waals surface area (Å²) in [6.07, 6.45) is 6.11. The van der Waals surface area contributed by atoms with Crippen LogP contribution in [0.1, 0.15) is 44.9 Å². The maximum absolute atomic E-state index is 5.93. The molecule has 30 heavy (non-hydrogen) atoms. The second kappa shape index (κ2) is 12.5. The van der Waals surface area contributed by atoms with Gasteiger partial charge < -0.3 is 19.9 Å². The maximum Gasteiger partial charge on any atom is 0.248 e. The molecule has 0 atom stereocenters. The van der Waals surface area contributed by atoms with Crippen molar-refractivity contribution >= 4 is 41.5 Å². The molecule has 3 rings (SSSR count). The van der Waals surface area contributed by atoms with Crippen LogP contribution in [-0.4, -0.2) is 42.9 Å². The Bertz CT molecular complexity index is 791. The largest absolute Gasteiger partial charge is 0.385 e. The molecule has 1 heterocycles. The molecule has 166 valence electrons. The van der Waals surface area contributed by atoms with Gasteiger partial charge in [-0.25, -0.2) is 4.99 Å². The highest BCUT2D eigenvalue weighted by Crippen LogP contribution is 2.40. The first-order chi connectivity index (χ1) is 14.1. The van der Waals surface area contributed by atoms with Crippen molar-refractivity contribution in [2.45, 2.75) is 45.6 Å². The molecule has 0 unspecified atom stereocenters. The fourth-order valence-electron chi connectivity index (χ4n) is 3.75. The van der Waals surface area contributed by atoms with Gasteiger partial charge in [-0.15, -0.1) is 24.0 Å². The molecule has 1 aliphatic rings. The Hall–Kier alpha value is -1.39. The highest BCUT2D eigenvalue weighted by molar-refractivity contribution is 14.0. The van der Waals surface area contributed by atoms with Crippen LogP contribution in [0.25, 0.3) is 11.4 Å². The Morgan fingerprint density at radius 2 is 1.97 bits per heavy atom. The first-order valence-electron chi connectivity index (χ1n) is 10.2. The molecule has 0 aliphatic heterocycles. The first kappa shape index (κ1) is 24.9. The van der Waals surface area contributed by atoms with E-state index in [2.05, 4.69) is 32.7 Å². The number of hydrogen-bond acceptors (Lipinski definition) is 5. The number of hydrogen-bond donors (Lipinski definition) is 2. The van der Waals surface area contributed by atoms with Crippen LogP contribution in [0.5, 0.6) is 0 Å². The first-order valence-corrected chi connectivity index (χ1v) is 10.6. The minimum Gasteiger partial charge on any atom is -0.385 e. The summed E-state index contributed by atoms with van der Waals surface area (Å²) in [5.41, 5.74) is 1.15. The lowest BCUT2D eigenvalue weighted by molar-refractivity contribution is 0.138. The van der Waals surface area contributed by atoms with Gasteiger partial charge in [-0.05, 0) is 55.9 Å². The Kier molecular flexibility index (Phi) is 10.3. The summed E-state index contributed by atoms with van der Waals surface area (Å²) >= 11 is 5.93. The molecule has 1 aromatic carbocycles. The molecular weight excluding hydrogens is 517 g/mol. The van der Waals surface area contributed by atoms with Crippen molar-refractivity contribution < 1.29 is 9.26 Å². The highest BCUT2D eigenvalue weighted by atomic mass is 127. The van der Waals surface area contributed by atoms with Crippen LogP contribution >= 0.6 is 35.6 Å². The zero-order valence-corrected chi connectivity index (χ0v) is 20.7. The van der Waals surface area contributed by atoms with E-state index in [0.717, 1.165) is 37.6 Å². The Balaban J connectivity index is 0.00000320. The van der Waals surface area contributed by atoms with Crippen molar-refractivity contribution in [1.82, 2.24) is 20.8 Å². The number of aliphatic imine (C=N–C) groups is 1. The van der Waals surface area contributed by atoms with Crippen molar-refractivity contribution in [3.05, 3.63) is 35.2 Å². The number of benzene rings is 1. The van der Waals surface area contributed by atoms with E-state index >= 15 is 0 Å². The third kappa shape index (κ3) is 7.09. The number of guanidine groups is 1. The van der Waals surface area contributed by atoms with Gasteiger partial charge in [0.2, 0.25) is 11.7 Å². The van der Waals surface area contributed by atoms with Gasteiger partial charge in [0.25, 0.3) is 0 Å². The third-order valence-corrected chi connectivity index (χ3v) is 5.67. The normalized spacial score (nSPS) is 15.6. The molecule has 1 aliphatic carbocycles. The van der Waals surface area contributed by atoms with Crippen LogP contribution in [-0.2, 0) is 11.3 Å². The Labute approximate surface area is 200 Å². The van der Waals surface area contributed by atoms with Gasteiger partial charge in [0.15, 0.2) is 5.96 Å². The number of aromatic nitrogens is 2. The van der Waals surface area contributed by atoms with Crippen molar-refractivity contribution in [3.8, 4) is 11.4 Å². The van der Waals surface area contributed by atoms with Crippen molar-refractivity contribution in [1.29, 1.82) is 0 Å². The minimum absolute atomic E-state index is 0. The molecule has 2 aromatic rings. The standard InChI is InChI=1S/C21H30ClN5O2.HI/c1-3-23-20(25-15-21(12-13-28-2)10-4-5-11-21)24-14-18-26-19(27-29-18)16-6-8-17(22)9-7-16;/h6-9H,3-5,10-15H2,1-2H3,(H2,23,24,25);1H. The molecule has 9 heteroatoms. The van der Waals surface area contributed by atoms with Crippen LogP contribution in [0.2, 0.25) is 5.02 Å². The summed E-state index contributed by atoms with van der Waals surface area (Å²) in [7, 11) is 1.77. The molecular formula is C21H31ClIN5O2. The van der Waals surface area contributed by atoms with Gasteiger partial charge >= 0.3 is 0 Å². The summed E-state index contributed by atoms with van der Waals surface area (Å²) in [6, 6.07) is 7.35. The average Bonchev–Trinajstić information content (AvgIpc) is 3.39. The van der Waals surface area contributed by atoms with Crippen molar-refractivity contribution in [2.24, 2.45) is 10.4 Å². The SMILES string of the molecule is CCNC(=NCc1nc(-c2ccc(Cl)cc2)no1)NCC1(CCOC)CCCC1.I. The quantitative estimate of drug-likeness (QED) is 0.270. The number of methoxy groups -OCH3 is 1. The van der Waals surface area contributed by atoms with Gasteiger partial charge in [-0.1, -0.05) is 29.6 Å². The number of nitrogens with zero attached hydrogens (tertiary/aromatic N) is 3. The number of halogens is 2. The van der Waals surface area contributed by atoms with Gasteiger partial charge in [0, 0.05) is 37.4 Å². The predicted molar refractivity (Wildman–Crippen MR) is 130 cm³/mol. The van der Waals surface area contributed by atoms with Crippen LogP contribution < -0.4 is 10.6 Å². The molecule has 1 aromatic heterocycles. The topological polar surface area (TPSA) is 84.6 Å². The molecule has 0 bridgehead atoms. The van der Waals surface area contributed by atoms with Crippen LogP contribution in [0.15, 0.2) is 33.8 Å². The maximum atomic E-state index is 5.93. The zero-order chi connectivity index (χ0) is 20.5. The molecule has 0 radical (unpaired) electrons. The van der Waals surface area contributed by atoms with E-state index in [1.54, 1.807) is 19.2 Å². The van der Waals surface area contributed by atoms with E-state index in [-0.39, 0.29) is 24.0 Å². The van der Waals surface area contributed by atoms with Gasteiger partial charge in [-0.2, -0.15) is 4.98 Å². The smallest absolute Gasteiger partial charge is 0.248 e. The zero-order valence-electron chi connectivity index (χ0n) is 17.6. The summed E-state index contributed by atoms with van der Waals surface area (Å²) in [5.74, 6) is 1.78. The predicted octanol–water partition coefficient (Wildman–Crippen LogP) is 4.66. The van der Waals surface area contributed by atoms with E-state index < -0.39 is 0 Å². The minimum atomic E-state index is 0. The van der Waals surface area contributed by atoms with E-state index in [0.29, 0.717) is 28.7 Å². The van der Waals surface area contributed by atoms with Gasteiger partial charge in [0.05, 0.1) is 0 Å². The lowest BCUT2D eigenvalue weighted by atomic mass is 9.83. The third-order valence-electron chi connectivity index (χ3n) is 5.42. The Morgan fingerprint density at radius 3 is 2.63 bits per heavy atom. The number of nitrogens with one attached hydrogen (secondary N) is 2. The van der Waals surface area contributed by atoms with Crippen molar-refractivity contribution in [3.63, 3.8) is 0 Å². The lowest BCUT2D eigenvalue weighted by Gasteiger charge is -2.29. The molecule has 0 spiro atoms. The Morgan fingerprint density at radius 1 is 1.23 bits per heavy atom. The second-order valence-corrected chi connectivity index (χ2v) is 7.95. The average molecular weight is 548 g/mol. The number of ether oxygens (including phenoxy) is 1. The fraction of sp³-hybridized carbons (Fsp3) is 0.571. The second-order valence-electron chi connectivity index (χ2n) is 7.52. The van der Waals surface area contributed by atoms with Crippen LogP contribution in [0.3, 0.4) is 0 Å². The molecule has 7 nitrogen and oxygen atoms in total. The fourth-order valence-corrected chi connectivity index (χ4v) is 3.88. The summed E-state index contributed by atoms with van der Waals surface area (Å²) in [4.78, 5) is 9.06. The van der Waals surface area contributed by atoms with E-state index in [4.69, 9.17) is 20.9 Å². The monoisotopic (exact) mass is 547 g/mol. The summed E-state index contributed by atoms with van der Waals surface area (Å²) in [5, 5.41) is 11.5. The number of rotatable bonds is 9. The molecule has 1 saturated carbocycles.